The molecule has 10 heteroatoms. The van der Waals surface area contributed by atoms with Crippen molar-refractivity contribution in [2.45, 2.75) is 18.2 Å². The molecule has 0 amide bonds. The van der Waals surface area contributed by atoms with Crippen LogP contribution in [-0.2, 0) is 20.3 Å². The summed E-state index contributed by atoms with van der Waals surface area (Å²) in [5.74, 6) is -0.897. The summed E-state index contributed by atoms with van der Waals surface area (Å²) in [7, 11) is -1.04. The summed E-state index contributed by atoms with van der Waals surface area (Å²) in [5, 5.41) is 10.6. The first-order valence-electron chi connectivity index (χ1n) is 5.86. The number of carbonyl (C=O) groups is 1. The number of allylic oxidation sites excluding steroid dienone is 1. The van der Waals surface area contributed by atoms with Gasteiger partial charge in [-0.15, -0.1) is 0 Å². The van der Waals surface area contributed by atoms with Crippen LogP contribution >= 0.6 is 23.2 Å². The predicted octanol–water partition coefficient (Wildman–Crippen LogP) is 2.76. The van der Waals surface area contributed by atoms with Crippen LogP contribution < -0.4 is 5.73 Å². The van der Waals surface area contributed by atoms with Gasteiger partial charge in [0.1, 0.15) is 9.93 Å². The van der Waals surface area contributed by atoms with Crippen LogP contribution in [0.5, 0.6) is 0 Å². The highest BCUT2D eigenvalue weighted by molar-refractivity contribution is 7.90. The molecule has 0 aliphatic heterocycles. The van der Waals surface area contributed by atoms with Crippen molar-refractivity contribution in [3.63, 3.8) is 0 Å². The van der Waals surface area contributed by atoms with E-state index in [9.17, 15) is 19.1 Å². The van der Waals surface area contributed by atoms with Crippen molar-refractivity contribution >= 4 is 45.7 Å². The zero-order valence-corrected chi connectivity index (χ0v) is 13.9. The lowest BCUT2D eigenvalue weighted by Crippen LogP contribution is -2.17. The molecule has 120 valence electrons. The quantitative estimate of drug-likeness (QED) is 0.371. The number of nitrogens with two attached hydrogens (primary N) is 1. The molecule has 0 heterocycles. The summed E-state index contributed by atoms with van der Waals surface area (Å²) in [6.07, 6.45) is 0.240. The van der Waals surface area contributed by atoms with E-state index < -0.39 is 27.4 Å². The lowest BCUT2D eigenvalue weighted by Gasteiger charge is -2.10. The van der Waals surface area contributed by atoms with Crippen LogP contribution in [0.2, 0.25) is 10.0 Å². The first kappa shape index (κ1) is 18.4. The number of hydrogen-bond donors (Lipinski definition) is 1. The van der Waals surface area contributed by atoms with Gasteiger partial charge in [0.05, 0.1) is 32.8 Å². The van der Waals surface area contributed by atoms with Crippen LogP contribution in [0, 0.1) is 10.1 Å². The van der Waals surface area contributed by atoms with Gasteiger partial charge in [0.2, 0.25) is 0 Å². The van der Waals surface area contributed by atoms with Crippen molar-refractivity contribution in [2.75, 3.05) is 7.11 Å². The molecule has 0 aliphatic rings. The molecule has 2 N–H and O–H groups in total. The lowest BCUT2D eigenvalue weighted by atomic mass is 10.3. The lowest BCUT2D eigenvalue weighted by molar-refractivity contribution is -0.384. The largest absolute Gasteiger partial charge is 0.465 e. The number of nitro groups is 1. The highest BCUT2D eigenvalue weighted by Crippen LogP contribution is 2.34. The van der Waals surface area contributed by atoms with Crippen molar-refractivity contribution in [1.82, 2.24) is 0 Å². The van der Waals surface area contributed by atoms with Crippen LogP contribution in [0.15, 0.2) is 27.6 Å². The topological polar surface area (TPSA) is 113 Å². The third kappa shape index (κ3) is 3.76. The van der Waals surface area contributed by atoms with E-state index in [1.165, 1.54) is 0 Å². The minimum absolute atomic E-state index is 0.0406. The number of rotatable bonds is 5. The highest BCUT2D eigenvalue weighted by atomic mass is 35.5. The second-order valence-corrected chi connectivity index (χ2v) is 6.16. The molecule has 22 heavy (non-hydrogen) atoms. The number of benzene rings is 1. The number of carbonyl (C=O) groups excluding carboxylic acids is 1. The summed E-state index contributed by atoms with van der Waals surface area (Å²) in [5.41, 5.74) is 5.26. The standard InChI is InChI=1S/C12H12Cl2N2O5S/c1-3-8(15)11(12(17)21-2)22(20)10-5-9(16(18)19)6(13)4-7(10)14/h4-5H,3,15H2,1-2H3. The molecule has 1 aromatic rings. The fraction of sp³-hybridized carbons (Fsp3) is 0.250. The Balaban J connectivity index is 3.53. The Hall–Kier alpha value is -1.64. The Morgan fingerprint density at radius 3 is 2.45 bits per heavy atom. The predicted molar refractivity (Wildman–Crippen MR) is 83.0 cm³/mol. The van der Waals surface area contributed by atoms with E-state index in [0.29, 0.717) is 0 Å². The molecule has 1 atom stereocenters. The molecule has 0 fully saturated rings. The minimum atomic E-state index is -2.14. The maximum absolute atomic E-state index is 12.6. The maximum Gasteiger partial charge on any atom is 0.349 e. The van der Waals surface area contributed by atoms with Gasteiger partial charge in [0, 0.05) is 11.8 Å². The van der Waals surface area contributed by atoms with Gasteiger partial charge >= 0.3 is 5.97 Å². The second kappa shape index (κ2) is 7.57. The van der Waals surface area contributed by atoms with Crippen LogP contribution in [0.3, 0.4) is 0 Å². The molecule has 0 aliphatic carbocycles. The molecule has 1 rings (SSSR count). The van der Waals surface area contributed by atoms with Crippen molar-refractivity contribution in [3.05, 3.63) is 42.9 Å². The van der Waals surface area contributed by atoms with Crippen LogP contribution in [0.4, 0.5) is 5.69 Å². The molecule has 0 saturated heterocycles. The molecule has 0 bridgehead atoms. The Labute approximate surface area is 138 Å². The van der Waals surface area contributed by atoms with Crippen LogP contribution in [0.25, 0.3) is 0 Å². The Morgan fingerprint density at radius 2 is 2.00 bits per heavy atom. The van der Waals surface area contributed by atoms with E-state index in [1.54, 1.807) is 6.92 Å². The number of ether oxygens (including phenoxy) is 1. The number of methoxy groups -OCH3 is 1. The first-order valence-corrected chi connectivity index (χ1v) is 7.77. The van der Waals surface area contributed by atoms with E-state index in [2.05, 4.69) is 4.74 Å². The Morgan fingerprint density at radius 1 is 1.41 bits per heavy atom. The summed E-state index contributed by atoms with van der Waals surface area (Å²) >= 11 is 11.6. The SMILES string of the molecule is CCC(N)=C(C(=O)OC)S(=O)c1cc([N+](=O)[O-])c(Cl)cc1Cl. The number of nitro benzene ring substituents is 1. The Kier molecular flexibility index (Phi) is 6.34. The Bertz CT molecular complexity index is 690. The second-order valence-electron chi connectivity index (χ2n) is 3.96. The van der Waals surface area contributed by atoms with E-state index in [0.717, 1.165) is 19.2 Å². The molecule has 0 aromatic heterocycles. The van der Waals surface area contributed by atoms with Gasteiger partial charge < -0.3 is 10.5 Å². The van der Waals surface area contributed by atoms with Crippen molar-refractivity contribution < 1.29 is 18.7 Å². The fourth-order valence-electron chi connectivity index (χ4n) is 1.49. The molecule has 0 spiro atoms. The maximum atomic E-state index is 12.6. The third-order valence-electron chi connectivity index (χ3n) is 2.63. The molecular formula is C12H12Cl2N2O5S. The van der Waals surface area contributed by atoms with Crippen molar-refractivity contribution in [1.29, 1.82) is 0 Å². The number of halogens is 2. The fourth-order valence-corrected chi connectivity index (χ4v) is 3.44. The van der Waals surface area contributed by atoms with Gasteiger partial charge in [-0.3, -0.25) is 10.1 Å². The van der Waals surface area contributed by atoms with Gasteiger partial charge in [-0.1, -0.05) is 30.1 Å². The zero-order chi connectivity index (χ0) is 17.0. The number of nitrogens with zero attached hydrogens (tertiary/aromatic N) is 1. The molecule has 0 radical (unpaired) electrons. The smallest absolute Gasteiger partial charge is 0.349 e. The molecule has 7 nitrogen and oxygen atoms in total. The monoisotopic (exact) mass is 366 g/mol. The van der Waals surface area contributed by atoms with Crippen molar-refractivity contribution in [3.8, 4) is 0 Å². The minimum Gasteiger partial charge on any atom is -0.465 e. The van der Waals surface area contributed by atoms with E-state index in [4.69, 9.17) is 28.9 Å². The number of hydrogen-bond acceptors (Lipinski definition) is 6. The third-order valence-corrected chi connectivity index (χ3v) is 4.89. The summed E-state index contributed by atoms with van der Waals surface area (Å²) in [6, 6.07) is 2.04. The first-order chi connectivity index (χ1) is 10.2. The molecule has 1 aromatic carbocycles. The van der Waals surface area contributed by atoms with Gasteiger partial charge in [0.15, 0.2) is 0 Å². The van der Waals surface area contributed by atoms with E-state index >= 15 is 0 Å². The van der Waals surface area contributed by atoms with Crippen LogP contribution in [0.1, 0.15) is 13.3 Å². The molecule has 1 unspecified atom stereocenters. The summed E-state index contributed by atoms with van der Waals surface area (Å²) in [4.78, 5) is 21.5. The van der Waals surface area contributed by atoms with E-state index in [-0.39, 0.29) is 32.0 Å². The molecule has 0 saturated carbocycles. The highest BCUT2D eigenvalue weighted by Gasteiger charge is 2.27. The normalized spacial score (nSPS) is 13.3. The van der Waals surface area contributed by atoms with E-state index in [1.807, 2.05) is 0 Å². The average Bonchev–Trinajstić information content (AvgIpc) is 2.46. The van der Waals surface area contributed by atoms with Gasteiger partial charge in [-0.05, 0) is 12.5 Å². The molecular weight excluding hydrogens is 355 g/mol. The summed E-state index contributed by atoms with van der Waals surface area (Å²) in [6.45, 7) is 1.65. The van der Waals surface area contributed by atoms with Gasteiger partial charge in [-0.2, -0.15) is 0 Å². The van der Waals surface area contributed by atoms with Crippen molar-refractivity contribution in [2.24, 2.45) is 5.73 Å². The zero-order valence-electron chi connectivity index (χ0n) is 11.6. The van der Waals surface area contributed by atoms with Gasteiger partial charge in [0.25, 0.3) is 5.69 Å². The number of esters is 1. The summed E-state index contributed by atoms with van der Waals surface area (Å²) < 4.78 is 17.1. The van der Waals surface area contributed by atoms with Crippen LogP contribution in [-0.4, -0.2) is 22.2 Å². The van der Waals surface area contributed by atoms with Gasteiger partial charge in [-0.25, -0.2) is 9.00 Å². The average molecular weight is 367 g/mol.